The van der Waals surface area contributed by atoms with E-state index in [-0.39, 0.29) is 11.5 Å². The minimum absolute atomic E-state index is 0.00721. The van der Waals surface area contributed by atoms with E-state index in [1.165, 1.54) is 12.1 Å². The van der Waals surface area contributed by atoms with E-state index in [0.29, 0.717) is 43.1 Å². The van der Waals surface area contributed by atoms with Crippen LogP contribution in [0.15, 0.2) is 36.4 Å². The fraction of sp³-hybridized carbons (Fsp3) is 0.333. The summed E-state index contributed by atoms with van der Waals surface area (Å²) in [5.41, 5.74) is 8.89. The van der Waals surface area contributed by atoms with Crippen LogP contribution in [0.5, 0.6) is 11.5 Å². The van der Waals surface area contributed by atoms with Gasteiger partial charge in [0, 0.05) is 55.9 Å². The van der Waals surface area contributed by atoms with Crippen LogP contribution in [0.3, 0.4) is 0 Å². The predicted molar refractivity (Wildman–Crippen MR) is 95.6 cm³/mol. The maximum atomic E-state index is 10.1. The zero-order valence-electron chi connectivity index (χ0n) is 14.0. The summed E-state index contributed by atoms with van der Waals surface area (Å²) in [7, 11) is 3.33. The summed E-state index contributed by atoms with van der Waals surface area (Å²) in [6, 6.07) is 10.1. The Labute approximate surface area is 142 Å². The summed E-state index contributed by atoms with van der Waals surface area (Å²) in [6.07, 6.45) is 0. The summed E-state index contributed by atoms with van der Waals surface area (Å²) in [4.78, 5) is 2.13. The monoisotopic (exact) mass is 332 g/mol. The van der Waals surface area contributed by atoms with E-state index >= 15 is 0 Å². The zero-order chi connectivity index (χ0) is 17.5. The summed E-state index contributed by atoms with van der Waals surface area (Å²) < 4.78 is 10.3. The van der Waals surface area contributed by atoms with Crippen LogP contribution in [0.4, 0.5) is 11.4 Å². The van der Waals surface area contributed by atoms with E-state index in [2.05, 4.69) is 4.90 Å². The topological polar surface area (TPSA) is 88.2 Å². The van der Waals surface area contributed by atoms with Crippen LogP contribution in [0.1, 0.15) is 0 Å². The average Bonchev–Trinajstić information content (AvgIpc) is 2.56. The van der Waals surface area contributed by atoms with E-state index in [1.807, 2.05) is 18.2 Å². The van der Waals surface area contributed by atoms with Crippen molar-refractivity contribution in [3.8, 4) is 22.6 Å². The van der Waals surface area contributed by atoms with Gasteiger partial charge in [0.25, 0.3) is 0 Å². The van der Waals surface area contributed by atoms with E-state index in [1.54, 1.807) is 20.3 Å². The lowest BCUT2D eigenvalue weighted by Crippen LogP contribution is -2.30. The third-order valence-electron chi connectivity index (χ3n) is 3.80. The van der Waals surface area contributed by atoms with Gasteiger partial charge in [0.05, 0.1) is 13.2 Å². The number of nitrogens with two attached hydrogens (primary N) is 1. The largest absolute Gasteiger partial charge is 0.508 e. The molecule has 2 aromatic rings. The zero-order valence-corrected chi connectivity index (χ0v) is 14.0. The van der Waals surface area contributed by atoms with E-state index in [4.69, 9.17) is 15.2 Å². The van der Waals surface area contributed by atoms with Gasteiger partial charge in [-0.15, -0.1) is 0 Å². The Hall–Kier alpha value is -2.44. The van der Waals surface area contributed by atoms with Gasteiger partial charge in [0.1, 0.15) is 11.5 Å². The molecule has 130 valence electrons. The van der Waals surface area contributed by atoms with Crippen molar-refractivity contribution in [3.05, 3.63) is 36.4 Å². The quantitative estimate of drug-likeness (QED) is 0.644. The fourth-order valence-electron chi connectivity index (χ4n) is 2.49. The number of hydrogen-bond acceptors (Lipinski definition) is 6. The number of phenols is 2. The first kappa shape index (κ1) is 17.9. The highest BCUT2D eigenvalue weighted by Gasteiger charge is 2.13. The van der Waals surface area contributed by atoms with Crippen molar-refractivity contribution in [1.82, 2.24) is 0 Å². The first-order chi connectivity index (χ1) is 11.6. The molecule has 2 rings (SSSR count). The van der Waals surface area contributed by atoms with Crippen molar-refractivity contribution in [3.63, 3.8) is 0 Å². The first-order valence-electron chi connectivity index (χ1n) is 7.71. The van der Waals surface area contributed by atoms with Crippen molar-refractivity contribution in [2.45, 2.75) is 0 Å². The van der Waals surface area contributed by atoms with Gasteiger partial charge in [0.15, 0.2) is 0 Å². The van der Waals surface area contributed by atoms with Crippen LogP contribution in [0.2, 0.25) is 0 Å². The van der Waals surface area contributed by atoms with Crippen LogP contribution >= 0.6 is 0 Å². The number of rotatable bonds is 8. The molecule has 0 aliphatic rings. The molecule has 0 aromatic heterocycles. The van der Waals surface area contributed by atoms with Crippen molar-refractivity contribution in [1.29, 1.82) is 0 Å². The van der Waals surface area contributed by atoms with Crippen LogP contribution in [0, 0.1) is 0 Å². The number of hydrogen-bond donors (Lipinski definition) is 3. The second kappa shape index (κ2) is 8.42. The van der Waals surface area contributed by atoms with Gasteiger partial charge >= 0.3 is 0 Å². The Morgan fingerprint density at radius 3 is 2.17 bits per heavy atom. The Morgan fingerprint density at radius 1 is 0.917 bits per heavy atom. The van der Waals surface area contributed by atoms with Gasteiger partial charge in [-0.1, -0.05) is 0 Å². The van der Waals surface area contributed by atoms with E-state index < -0.39 is 0 Å². The molecule has 0 saturated carbocycles. The highest BCUT2D eigenvalue weighted by Crippen LogP contribution is 2.37. The molecule has 2 aromatic carbocycles. The van der Waals surface area contributed by atoms with Crippen LogP contribution < -0.4 is 10.6 Å². The molecule has 0 bridgehead atoms. The third kappa shape index (κ3) is 4.31. The number of anilines is 2. The molecule has 0 heterocycles. The molecule has 4 N–H and O–H groups in total. The molecule has 0 saturated heterocycles. The summed E-state index contributed by atoms with van der Waals surface area (Å²) in [6.45, 7) is 2.61. The summed E-state index contributed by atoms with van der Waals surface area (Å²) >= 11 is 0. The molecule has 0 aliphatic heterocycles. The number of nitrogens with zero attached hydrogens (tertiary/aromatic N) is 1. The summed E-state index contributed by atoms with van der Waals surface area (Å²) in [5.74, 6) is -0.00743. The Balaban J connectivity index is 2.38. The van der Waals surface area contributed by atoms with Gasteiger partial charge in [-0.2, -0.15) is 0 Å². The normalized spacial score (nSPS) is 10.8. The first-order valence-corrected chi connectivity index (χ1v) is 7.71. The highest BCUT2D eigenvalue weighted by atomic mass is 16.5. The minimum Gasteiger partial charge on any atom is -0.508 e. The second-order valence-corrected chi connectivity index (χ2v) is 5.45. The molecular formula is C18H24N2O4. The average molecular weight is 332 g/mol. The van der Waals surface area contributed by atoms with Crippen molar-refractivity contribution in [2.24, 2.45) is 0 Å². The van der Waals surface area contributed by atoms with E-state index in [0.717, 1.165) is 5.69 Å². The van der Waals surface area contributed by atoms with Gasteiger partial charge in [-0.3, -0.25) is 0 Å². The number of aromatic hydroxyl groups is 2. The fourth-order valence-corrected chi connectivity index (χ4v) is 2.49. The van der Waals surface area contributed by atoms with Crippen molar-refractivity contribution in [2.75, 3.05) is 51.2 Å². The molecule has 0 amide bonds. The second-order valence-electron chi connectivity index (χ2n) is 5.45. The molecule has 6 heteroatoms. The lowest BCUT2D eigenvalue weighted by Gasteiger charge is -2.25. The molecule has 0 fully saturated rings. The number of ether oxygens (including phenoxy) is 2. The molecule has 6 nitrogen and oxygen atoms in total. The smallest absolute Gasteiger partial charge is 0.127 e. The lowest BCUT2D eigenvalue weighted by atomic mass is 10.0. The van der Waals surface area contributed by atoms with Gasteiger partial charge in [0.2, 0.25) is 0 Å². The molecule has 0 radical (unpaired) electrons. The van der Waals surface area contributed by atoms with Crippen LogP contribution in [-0.2, 0) is 9.47 Å². The summed E-state index contributed by atoms with van der Waals surface area (Å²) in [5, 5.41) is 19.6. The number of phenolic OH excluding ortho intramolecular Hbond substituents is 2. The molecular weight excluding hydrogens is 308 g/mol. The van der Waals surface area contributed by atoms with Crippen LogP contribution in [0.25, 0.3) is 11.1 Å². The van der Waals surface area contributed by atoms with E-state index in [9.17, 15) is 10.2 Å². The van der Waals surface area contributed by atoms with Crippen LogP contribution in [-0.4, -0.2) is 50.7 Å². The minimum atomic E-state index is -0.0146. The van der Waals surface area contributed by atoms with Gasteiger partial charge in [-0.25, -0.2) is 0 Å². The maximum Gasteiger partial charge on any atom is 0.127 e. The lowest BCUT2D eigenvalue weighted by molar-refractivity contribution is 0.190. The Bertz CT molecular complexity index is 668. The Kier molecular flexibility index (Phi) is 6.28. The molecule has 24 heavy (non-hydrogen) atoms. The van der Waals surface area contributed by atoms with Crippen molar-refractivity contribution < 1.29 is 19.7 Å². The SMILES string of the molecule is COCCN(CCOC)c1ccc(N)c(-c2ccc(O)cc2O)c1. The van der Waals surface area contributed by atoms with Gasteiger partial charge < -0.3 is 30.3 Å². The predicted octanol–water partition coefficient (Wildman–Crippen LogP) is 2.45. The Morgan fingerprint density at radius 2 is 1.58 bits per heavy atom. The third-order valence-corrected chi connectivity index (χ3v) is 3.80. The molecule has 0 spiro atoms. The molecule has 0 unspecified atom stereocenters. The highest BCUT2D eigenvalue weighted by molar-refractivity contribution is 5.83. The standard InChI is InChI=1S/C18H24N2O4/c1-23-9-7-20(8-10-24-2)13-3-6-17(19)16(11-13)15-5-4-14(21)12-18(15)22/h3-6,11-12,21-22H,7-10,19H2,1-2H3. The van der Waals surface area contributed by atoms with Gasteiger partial charge in [-0.05, 0) is 30.3 Å². The number of methoxy groups -OCH3 is 2. The molecule has 0 aliphatic carbocycles. The molecule has 0 atom stereocenters. The number of nitrogen functional groups attached to an aromatic ring is 1. The number of benzene rings is 2. The maximum absolute atomic E-state index is 10.1. The van der Waals surface area contributed by atoms with Crippen molar-refractivity contribution >= 4 is 11.4 Å².